The number of halogens is 1. The van der Waals surface area contributed by atoms with Crippen LogP contribution in [0.3, 0.4) is 0 Å². The van der Waals surface area contributed by atoms with Gasteiger partial charge in [-0.25, -0.2) is 0 Å². The summed E-state index contributed by atoms with van der Waals surface area (Å²) >= 11 is 7.69. The molecule has 16 heavy (non-hydrogen) atoms. The van der Waals surface area contributed by atoms with Crippen molar-refractivity contribution < 1.29 is 4.74 Å². The number of fused-ring (bicyclic) bond motifs is 1. The fourth-order valence-electron chi connectivity index (χ4n) is 1.75. The molecule has 1 nitrogen and oxygen atoms in total. The molecule has 0 saturated heterocycles. The van der Waals surface area contributed by atoms with Crippen LogP contribution >= 0.6 is 23.4 Å². The molecule has 0 aliphatic carbocycles. The lowest BCUT2D eigenvalue weighted by molar-refractivity contribution is 0.266. The molecular weight excluding hydrogens is 240 g/mol. The Labute approximate surface area is 107 Å². The van der Waals surface area contributed by atoms with E-state index in [4.69, 9.17) is 16.3 Å². The number of hydrogen-bond acceptors (Lipinski definition) is 2. The maximum atomic E-state index is 5.85. The van der Waals surface area contributed by atoms with Crippen molar-refractivity contribution >= 4 is 23.4 Å². The molecule has 1 unspecified atom stereocenters. The summed E-state index contributed by atoms with van der Waals surface area (Å²) < 4.78 is 5.85. The van der Waals surface area contributed by atoms with Crippen LogP contribution < -0.4 is 4.74 Å². The van der Waals surface area contributed by atoms with E-state index in [-0.39, 0.29) is 0 Å². The molecular formula is C13H17ClOS. The number of benzene rings is 1. The van der Waals surface area contributed by atoms with E-state index in [2.05, 4.69) is 25.1 Å². The summed E-state index contributed by atoms with van der Waals surface area (Å²) in [5.41, 5.74) is 1.44. The molecule has 0 saturated carbocycles. The van der Waals surface area contributed by atoms with Gasteiger partial charge in [0.15, 0.2) is 0 Å². The SMILES string of the molecule is CC(CCl)COc1cccc2c1SCCC2. The topological polar surface area (TPSA) is 9.23 Å². The Hall–Kier alpha value is -0.340. The standard InChI is InChI=1S/C13H17ClOS/c1-10(8-14)9-15-12-6-2-4-11-5-3-7-16-13(11)12/h2,4,6,10H,3,5,7-9H2,1H3. The first-order chi connectivity index (χ1) is 7.81. The number of alkyl halides is 1. The Balaban J connectivity index is 2.08. The minimum Gasteiger partial charge on any atom is -0.492 e. The normalized spacial score (nSPS) is 16.6. The molecule has 1 aromatic carbocycles. The van der Waals surface area contributed by atoms with E-state index >= 15 is 0 Å². The fraction of sp³-hybridized carbons (Fsp3) is 0.538. The molecule has 0 spiro atoms. The van der Waals surface area contributed by atoms with Crippen molar-refractivity contribution in [3.05, 3.63) is 23.8 Å². The van der Waals surface area contributed by atoms with Crippen molar-refractivity contribution in [3.8, 4) is 5.75 Å². The third-order valence-electron chi connectivity index (χ3n) is 2.68. The van der Waals surface area contributed by atoms with Gasteiger partial charge in [0.25, 0.3) is 0 Å². The van der Waals surface area contributed by atoms with Gasteiger partial charge in [0.2, 0.25) is 0 Å². The van der Waals surface area contributed by atoms with Crippen LogP contribution in [-0.2, 0) is 6.42 Å². The van der Waals surface area contributed by atoms with Crippen LogP contribution in [0.1, 0.15) is 18.9 Å². The van der Waals surface area contributed by atoms with Gasteiger partial charge in [-0.2, -0.15) is 0 Å². The first-order valence-electron chi connectivity index (χ1n) is 5.74. The Morgan fingerprint density at radius 3 is 3.19 bits per heavy atom. The Morgan fingerprint density at radius 1 is 1.50 bits per heavy atom. The second-order valence-corrected chi connectivity index (χ2v) is 5.68. The van der Waals surface area contributed by atoms with Crippen molar-refractivity contribution in [3.63, 3.8) is 0 Å². The summed E-state index contributed by atoms with van der Waals surface area (Å²) in [6, 6.07) is 6.36. The second kappa shape index (κ2) is 5.83. The highest BCUT2D eigenvalue weighted by molar-refractivity contribution is 7.99. The van der Waals surface area contributed by atoms with E-state index in [0.29, 0.717) is 18.4 Å². The molecule has 1 aliphatic heterocycles. The molecule has 3 heteroatoms. The number of rotatable bonds is 4. The van der Waals surface area contributed by atoms with Crippen molar-refractivity contribution in [1.29, 1.82) is 0 Å². The van der Waals surface area contributed by atoms with Crippen molar-refractivity contribution in [2.24, 2.45) is 5.92 Å². The largest absolute Gasteiger partial charge is 0.492 e. The predicted octanol–water partition coefficient (Wildman–Crippen LogP) is 3.98. The first-order valence-corrected chi connectivity index (χ1v) is 7.26. The number of thioether (sulfide) groups is 1. The van der Waals surface area contributed by atoms with Gasteiger partial charge in [0, 0.05) is 11.8 Å². The van der Waals surface area contributed by atoms with E-state index in [9.17, 15) is 0 Å². The molecule has 0 fully saturated rings. The average Bonchev–Trinajstić information content (AvgIpc) is 2.35. The number of aryl methyl sites for hydroxylation is 1. The summed E-state index contributed by atoms with van der Waals surface area (Å²) in [4.78, 5) is 1.34. The maximum absolute atomic E-state index is 5.85. The summed E-state index contributed by atoms with van der Waals surface area (Å²) in [5, 5.41) is 0. The lowest BCUT2D eigenvalue weighted by atomic mass is 10.1. The van der Waals surface area contributed by atoms with Gasteiger partial charge >= 0.3 is 0 Å². The average molecular weight is 257 g/mol. The van der Waals surface area contributed by atoms with Crippen LogP contribution in [0.15, 0.2) is 23.1 Å². The second-order valence-electron chi connectivity index (χ2n) is 4.27. The Kier molecular flexibility index (Phi) is 4.42. The molecule has 0 N–H and O–H groups in total. The zero-order chi connectivity index (χ0) is 11.4. The van der Waals surface area contributed by atoms with Crippen LogP contribution in [0.2, 0.25) is 0 Å². The van der Waals surface area contributed by atoms with Crippen LogP contribution in [0.5, 0.6) is 5.75 Å². The highest BCUT2D eigenvalue weighted by Gasteiger charge is 2.14. The van der Waals surface area contributed by atoms with Gasteiger partial charge in [0.1, 0.15) is 5.75 Å². The number of ether oxygens (including phenoxy) is 1. The minimum atomic E-state index is 0.408. The molecule has 1 atom stereocenters. The first kappa shape index (κ1) is 12.1. The zero-order valence-electron chi connectivity index (χ0n) is 9.54. The highest BCUT2D eigenvalue weighted by Crippen LogP contribution is 2.37. The summed E-state index contributed by atoms with van der Waals surface area (Å²) in [6.45, 7) is 2.82. The molecule has 0 amide bonds. The van der Waals surface area contributed by atoms with Crippen LogP contribution in [0.4, 0.5) is 0 Å². The fourth-order valence-corrected chi connectivity index (χ4v) is 2.96. The van der Waals surface area contributed by atoms with Crippen molar-refractivity contribution in [2.45, 2.75) is 24.7 Å². The van der Waals surface area contributed by atoms with Crippen LogP contribution in [0.25, 0.3) is 0 Å². The van der Waals surface area contributed by atoms with E-state index in [0.717, 1.165) is 5.75 Å². The van der Waals surface area contributed by atoms with Crippen LogP contribution in [0, 0.1) is 5.92 Å². The third kappa shape index (κ3) is 2.86. The quantitative estimate of drug-likeness (QED) is 0.754. The zero-order valence-corrected chi connectivity index (χ0v) is 11.1. The van der Waals surface area contributed by atoms with Gasteiger partial charge in [-0.05, 0) is 30.2 Å². The highest BCUT2D eigenvalue weighted by atomic mass is 35.5. The van der Waals surface area contributed by atoms with Gasteiger partial charge in [-0.3, -0.25) is 0 Å². The Morgan fingerprint density at radius 2 is 2.38 bits per heavy atom. The third-order valence-corrected chi connectivity index (χ3v) is 4.46. The van der Waals surface area contributed by atoms with Crippen LogP contribution in [-0.4, -0.2) is 18.2 Å². The Bertz CT molecular complexity index is 354. The summed E-state index contributed by atoms with van der Waals surface area (Å²) in [6.07, 6.45) is 2.46. The maximum Gasteiger partial charge on any atom is 0.133 e. The van der Waals surface area contributed by atoms with E-state index in [1.807, 2.05) is 11.8 Å². The minimum absolute atomic E-state index is 0.408. The lowest BCUT2D eigenvalue weighted by Crippen LogP contribution is -2.11. The van der Waals surface area contributed by atoms with E-state index in [1.54, 1.807) is 0 Å². The molecule has 1 aromatic rings. The van der Waals surface area contributed by atoms with E-state index in [1.165, 1.54) is 29.1 Å². The summed E-state index contributed by atoms with van der Waals surface area (Å²) in [7, 11) is 0. The molecule has 88 valence electrons. The van der Waals surface area contributed by atoms with Gasteiger partial charge in [-0.15, -0.1) is 23.4 Å². The van der Waals surface area contributed by atoms with Crippen molar-refractivity contribution in [1.82, 2.24) is 0 Å². The number of hydrogen-bond donors (Lipinski definition) is 0. The van der Waals surface area contributed by atoms with Gasteiger partial charge in [0.05, 0.1) is 11.5 Å². The van der Waals surface area contributed by atoms with Crippen molar-refractivity contribution in [2.75, 3.05) is 18.2 Å². The van der Waals surface area contributed by atoms with E-state index < -0.39 is 0 Å². The van der Waals surface area contributed by atoms with Gasteiger partial charge < -0.3 is 4.74 Å². The molecule has 0 radical (unpaired) electrons. The molecule has 1 aliphatic rings. The van der Waals surface area contributed by atoms with Gasteiger partial charge in [-0.1, -0.05) is 19.1 Å². The predicted molar refractivity (Wildman–Crippen MR) is 70.9 cm³/mol. The lowest BCUT2D eigenvalue weighted by Gasteiger charge is -2.19. The molecule has 0 aromatic heterocycles. The summed E-state index contributed by atoms with van der Waals surface area (Å²) in [5.74, 6) is 3.31. The smallest absolute Gasteiger partial charge is 0.133 e. The molecule has 1 heterocycles. The monoisotopic (exact) mass is 256 g/mol. The molecule has 2 rings (SSSR count). The molecule has 0 bridgehead atoms.